The number of carbonyl (C=O) groups excluding carboxylic acids is 2. The lowest BCUT2D eigenvalue weighted by Crippen LogP contribution is -2.40. The van der Waals surface area contributed by atoms with Crippen molar-refractivity contribution >= 4 is 17.5 Å². The average molecular weight is 342 g/mol. The molecule has 0 radical (unpaired) electrons. The Morgan fingerprint density at radius 2 is 1.80 bits per heavy atom. The van der Waals surface area contributed by atoms with E-state index >= 15 is 0 Å². The third kappa shape index (κ3) is 5.14. The van der Waals surface area contributed by atoms with Crippen LogP contribution in [0.15, 0.2) is 48.5 Å². The Morgan fingerprint density at radius 3 is 2.44 bits per heavy atom. The van der Waals surface area contributed by atoms with Crippen molar-refractivity contribution in [1.82, 2.24) is 5.32 Å². The number of methoxy groups -OCH3 is 1. The van der Waals surface area contributed by atoms with Gasteiger partial charge >= 0.3 is 0 Å². The molecule has 2 rings (SSSR count). The summed E-state index contributed by atoms with van der Waals surface area (Å²) in [6, 6.07) is 13.4. The summed E-state index contributed by atoms with van der Waals surface area (Å²) < 4.78 is 4.94. The maximum absolute atomic E-state index is 12.3. The van der Waals surface area contributed by atoms with Crippen molar-refractivity contribution in [1.29, 1.82) is 0 Å². The van der Waals surface area contributed by atoms with Crippen molar-refractivity contribution in [2.45, 2.75) is 13.0 Å². The van der Waals surface area contributed by atoms with Crippen LogP contribution < -0.4 is 10.6 Å². The van der Waals surface area contributed by atoms with E-state index in [1.165, 1.54) is 7.11 Å². The second-order valence-electron chi connectivity index (χ2n) is 5.66. The number of anilines is 1. The molecule has 0 aliphatic carbocycles. The summed E-state index contributed by atoms with van der Waals surface area (Å²) in [6.45, 7) is 1.85. The van der Waals surface area contributed by atoms with Crippen LogP contribution >= 0.6 is 0 Å². The highest BCUT2D eigenvalue weighted by molar-refractivity contribution is 6.05. The van der Waals surface area contributed by atoms with E-state index in [0.29, 0.717) is 16.8 Å². The van der Waals surface area contributed by atoms with E-state index in [1.54, 1.807) is 42.5 Å². The van der Waals surface area contributed by atoms with Gasteiger partial charge in [0.2, 0.25) is 0 Å². The lowest BCUT2D eigenvalue weighted by molar-refractivity contribution is 0.0839. The van der Waals surface area contributed by atoms with Gasteiger partial charge in [0.15, 0.2) is 0 Å². The number of hydrogen-bond acceptors (Lipinski definition) is 4. The highest BCUT2D eigenvalue weighted by Gasteiger charge is 2.15. The van der Waals surface area contributed by atoms with Gasteiger partial charge in [-0.15, -0.1) is 0 Å². The van der Waals surface area contributed by atoms with Gasteiger partial charge in [-0.1, -0.05) is 24.3 Å². The third-order valence-corrected chi connectivity index (χ3v) is 3.71. The van der Waals surface area contributed by atoms with Crippen LogP contribution in [0.25, 0.3) is 0 Å². The number of aliphatic hydroxyl groups excluding tert-OH is 1. The number of hydrogen-bond donors (Lipinski definition) is 3. The summed E-state index contributed by atoms with van der Waals surface area (Å²) in [5.74, 6) is -0.583. The molecule has 0 aromatic heterocycles. The Morgan fingerprint density at radius 1 is 1.08 bits per heavy atom. The van der Waals surface area contributed by atoms with Gasteiger partial charge in [-0.3, -0.25) is 9.59 Å². The van der Waals surface area contributed by atoms with Gasteiger partial charge in [-0.25, -0.2) is 0 Å². The molecule has 3 N–H and O–H groups in total. The number of aliphatic hydroxyl groups is 1. The molecule has 0 spiro atoms. The zero-order valence-electron chi connectivity index (χ0n) is 14.3. The van der Waals surface area contributed by atoms with Crippen molar-refractivity contribution < 1.29 is 19.4 Å². The molecule has 0 unspecified atom stereocenters. The van der Waals surface area contributed by atoms with Crippen LogP contribution in [0, 0.1) is 6.92 Å². The van der Waals surface area contributed by atoms with Crippen molar-refractivity contribution in [3.63, 3.8) is 0 Å². The van der Waals surface area contributed by atoms with Crippen LogP contribution in [-0.2, 0) is 4.74 Å². The maximum Gasteiger partial charge on any atom is 0.255 e. The fourth-order valence-electron chi connectivity index (χ4n) is 2.29. The van der Waals surface area contributed by atoms with Crippen molar-refractivity contribution in [2.75, 3.05) is 25.6 Å². The molecule has 2 aromatic rings. The number of aryl methyl sites for hydroxylation is 1. The average Bonchev–Trinajstić information content (AvgIpc) is 2.63. The summed E-state index contributed by atoms with van der Waals surface area (Å²) in [4.78, 5) is 24.6. The topological polar surface area (TPSA) is 87.7 Å². The Kier molecular flexibility index (Phi) is 6.68. The highest BCUT2D eigenvalue weighted by Crippen LogP contribution is 2.18. The molecule has 0 aliphatic rings. The molecule has 132 valence electrons. The standard InChI is InChI=1S/C19H22N2O4/c1-13-8-9-15(19(24)20-16(11-22)12-25-2)10-17(13)21-18(23)14-6-4-3-5-7-14/h3-10,16,22H,11-12H2,1-2H3,(H,20,24)(H,21,23)/t16-/m1/s1. The normalized spacial score (nSPS) is 11.6. The lowest BCUT2D eigenvalue weighted by Gasteiger charge is -2.16. The number of carbonyl (C=O) groups is 2. The Hall–Kier alpha value is -2.70. The Bertz CT molecular complexity index is 731. The van der Waals surface area contributed by atoms with Crippen molar-refractivity contribution in [2.24, 2.45) is 0 Å². The molecular weight excluding hydrogens is 320 g/mol. The quantitative estimate of drug-likeness (QED) is 0.718. The largest absolute Gasteiger partial charge is 0.394 e. The molecule has 0 bridgehead atoms. The third-order valence-electron chi connectivity index (χ3n) is 3.71. The van der Waals surface area contributed by atoms with Crippen LogP contribution in [0.3, 0.4) is 0 Å². The van der Waals surface area contributed by atoms with E-state index in [0.717, 1.165) is 5.56 Å². The molecule has 0 heterocycles. The van der Waals surface area contributed by atoms with E-state index in [2.05, 4.69) is 10.6 Å². The van der Waals surface area contributed by atoms with Gasteiger partial charge < -0.3 is 20.5 Å². The maximum atomic E-state index is 12.3. The van der Waals surface area contributed by atoms with Crippen LogP contribution in [-0.4, -0.2) is 43.3 Å². The number of amides is 2. The van der Waals surface area contributed by atoms with Crippen LogP contribution in [0.4, 0.5) is 5.69 Å². The first-order chi connectivity index (χ1) is 12.0. The van der Waals surface area contributed by atoms with Gasteiger partial charge in [0.05, 0.1) is 19.3 Å². The molecule has 0 aliphatic heterocycles. The monoisotopic (exact) mass is 342 g/mol. The Labute approximate surface area is 146 Å². The zero-order valence-corrected chi connectivity index (χ0v) is 14.3. The summed E-state index contributed by atoms with van der Waals surface area (Å²) in [7, 11) is 1.50. The van der Waals surface area contributed by atoms with Crippen LogP contribution in [0.5, 0.6) is 0 Å². The first-order valence-corrected chi connectivity index (χ1v) is 7.93. The lowest BCUT2D eigenvalue weighted by atomic mass is 10.1. The smallest absolute Gasteiger partial charge is 0.255 e. The second-order valence-corrected chi connectivity index (χ2v) is 5.66. The van der Waals surface area contributed by atoms with E-state index in [-0.39, 0.29) is 25.0 Å². The zero-order chi connectivity index (χ0) is 18.2. The summed E-state index contributed by atoms with van der Waals surface area (Å²) in [5, 5.41) is 14.8. The first-order valence-electron chi connectivity index (χ1n) is 7.93. The molecule has 2 amide bonds. The summed E-state index contributed by atoms with van der Waals surface area (Å²) >= 11 is 0. The van der Waals surface area contributed by atoms with E-state index < -0.39 is 6.04 Å². The summed E-state index contributed by atoms with van der Waals surface area (Å²) in [6.07, 6.45) is 0. The van der Waals surface area contributed by atoms with Crippen molar-refractivity contribution in [3.05, 3.63) is 65.2 Å². The van der Waals surface area contributed by atoms with Crippen LogP contribution in [0.2, 0.25) is 0 Å². The molecule has 2 aromatic carbocycles. The van der Waals surface area contributed by atoms with E-state index in [4.69, 9.17) is 4.74 Å². The summed E-state index contributed by atoms with van der Waals surface area (Å²) in [5.41, 5.74) is 2.34. The number of benzene rings is 2. The van der Waals surface area contributed by atoms with E-state index in [1.807, 2.05) is 13.0 Å². The van der Waals surface area contributed by atoms with E-state index in [9.17, 15) is 14.7 Å². The number of rotatable bonds is 7. The molecule has 0 fully saturated rings. The molecular formula is C19H22N2O4. The second kappa shape index (κ2) is 8.96. The molecule has 1 atom stereocenters. The highest BCUT2D eigenvalue weighted by atomic mass is 16.5. The molecule has 0 saturated carbocycles. The molecule has 0 saturated heterocycles. The van der Waals surface area contributed by atoms with Crippen molar-refractivity contribution in [3.8, 4) is 0 Å². The van der Waals surface area contributed by atoms with Gasteiger partial charge in [-0.2, -0.15) is 0 Å². The van der Waals surface area contributed by atoms with Crippen LogP contribution in [0.1, 0.15) is 26.3 Å². The fraction of sp³-hybridized carbons (Fsp3) is 0.263. The van der Waals surface area contributed by atoms with Gasteiger partial charge in [-0.05, 0) is 36.8 Å². The Balaban J connectivity index is 2.14. The molecule has 25 heavy (non-hydrogen) atoms. The minimum absolute atomic E-state index is 0.214. The minimum Gasteiger partial charge on any atom is -0.394 e. The van der Waals surface area contributed by atoms with Gasteiger partial charge in [0, 0.05) is 23.9 Å². The number of nitrogens with one attached hydrogen (secondary N) is 2. The SMILES string of the molecule is COC[C@@H](CO)NC(=O)c1ccc(C)c(NC(=O)c2ccccc2)c1. The van der Waals surface area contributed by atoms with Gasteiger partial charge in [0.1, 0.15) is 0 Å². The minimum atomic E-state index is -0.485. The molecule has 6 heteroatoms. The first kappa shape index (κ1) is 18.6. The number of ether oxygens (including phenoxy) is 1. The predicted octanol–water partition coefficient (Wildman–Crippen LogP) is 1.98. The fourth-order valence-corrected chi connectivity index (χ4v) is 2.29. The molecule has 6 nitrogen and oxygen atoms in total. The van der Waals surface area contributed by atoms with Gasteiger partial charge in [0.25, 0.3) is 11.8 Å². The predicted molar refractivity (Wildman–Crippen MR) is 95.8 cm³/mol.